The maximum absolute atomic E-state index is 12.7. The van der Waals surface area contributed by atoms with Crippen LogP contribution in [0, 0.1) is 12.8 Å². The van der Waals surface area contributed by atoms with Gasteiger partial charge >= 0.3 is 5.97 Å². The number of Topliss-reactive ketones (excluding diaryl/α,β-unsaturated/α-hetero) is 1. The molecule has 0 amide bonds. The molecule has 1 aliphatic heterocycles. The molecule has 0 bridgehead atoms. The third-order valence-corrected chi connectivity index (χ3v) is 5.73. The Labute approximate surface area is 171 Å². The first-order valence-electron chi connectivity index (χ1n) is 9.29. The molecule has 3 aromatic rings. The predicted molar refractivity (Wildman–Crippen MR) is 107 cm³/mol. The number of ketones is 1. The van der Waals surface area contributed by atoms with Crippen LogP contribution in [0.5, 0.6) is 0 Å². The van der Waals surface area contributed by atoms with Gasteiger partial charge in [-0.2, -0.15) is 4.80 Å². The van der Waals surface area contributed by atoms with E-state index in [4.69, 9.17) is 4.74 Å². The molecule has 10 heteroatoms. The van der Waals surface area contributed by atoms with E-state index < -0.39 is 5.97 Å². The zero-order chi connectivity index (χ0) is 20.4. The molecule has 0 saturated carbocycles. The number of esters is 1. The van der Waals surface area contributed by atoms with E-state index in [1.54, 1.807) is 13.1 Å². The van der Waals surface area contributed by atoms with Gasteiger partial charge in [0.15, 0.2) is 17.5 Å². The van der Waals surface area contributed by atoms with Gasteiger partial charge in [-0.05, 0) is 24.6 Å². The average molecular weight is 412 g/mol. The summed E-state index contributed by atoms with van der Waals surface area (Å²) >= 11 is 1.43. The minimum absolute atomic E-state index is 0.0213. The first kappa shape index (κ1) is 19.2. The summed E-state index contributed by atoms with van der Waals surface area (Å²) in [5.74, 6) is 0.157. The molecule has 1 saturated heterocycles. The Morgan fingerprint density at radius 3 is 2.83 bits per heavy atom. The number of rotatable bonds is 7. The number of tetrazole rings is 1. The van der Waals surface area contributed by atoms with Gasteiger partial charge in [-0.3, -0.25) is 4.79 Å². The Hall–Kier alpha value is -3.14. The van der Waals surface area contributed by atoms with E-state index in [1.165, 1.54) is 16.1 Å². The first-order chi connectivity index (χ1) is 14.0. The van der Waals surface area contributed by atoms with Crippen molar-refractivity contribution in [2.45, 2.75) is 20.4 Å². The highest BCUT2D eigenvalue weighted by Gasteiger charge is 2.35. The lowest BCUT2D eigenvalue weighted by atomic mass is 9.89. The van der Waals surface area contributed by atoms with Crippen molar-refractivity contribution >= 4 is 28.2 Å². The van der Waals surface area contributed by atoms with Crippen LogP contribution >= 0.6 is 11.3 Å². The quantitative estimate of drug-likeness (QED) is 0.429. The molecule has 3 heterocycles. The van der Waals surface area contributed by atoms with Gasteiger partial charge in [0, 0.05) is 18.7 Å². The molecule has 1 aromatic carbocycles. The van der Waals surface area contributed by atoms with Crippen molar-refractivity contribution in [3.8, 4) is 10.7 Å². The number of anilines is 1. The largest absolute Gasteiger partial charge is 0.465 e. The fraction of sp³-hybridized carbons (Fsp3) is 0.368. The van der Waals surface area contributed by atoms with Gasteiger partial charge in [0.1, 0.15) is 0 Å². The second kappa shape index (κ2) is 8.08. The standard InChI is InChI=1S/C19H20N6O3S/c1-3-28-16(26)11-25-22-18(21-23-25)15-8-20-19(29-15)24-9-13(10-24)17(27)14-7-5-4-6-12(14)2/h4-8,13H,3,9-11H2,1-2H3. The molecule has 0 spiro atoms. The smallest absolute Gasteiger partial charge is 0.329 e. The Morgan fingerprint density at radius 1 is 1.28 bits per heavy atom. The lowest BCUT2D eigenvalue weighted by molar-refractivity contribution is -0.144. The molecule has 0 N–H and O–H groups in total. The van der Waals surface area contributed by atoms with Crippen LogP contribution in [0.15, 0.2) is 30.5 Å². The normalized spacial score (nSPS) is 13.9. The van der Waals surface area contributed by atoms with Crippen molar-refractivity contribution in [3.63, 3.8) is 0 Å². The van der Waals surface area contributed by atoms with Crippen LogP contribution in [-0.4, -0.2) is 56.6 Å². The molecular formula is C19H20N6O3S. The van der Waals surface area contributed by atoms with Crippen molar-refractivity contribution < 1.29 is 14.3 Å². The number of thiazole rings is 1. The van der Waals surface area contributed by atoms with E-state index in [0.717, 1.165) is 21.1 Å². The molecule has 0 radical (unpaired) electrons. The second-order valence-electron chi connectivity index (χ2n) is 6.74. The van der Waals surface area contributed by atoms with E-state index in [9.17, 15) is 9.59 Å². The van der Waals surface area contributed by atoms with Crippen LogP contribution in [0.25, 0.3) is 10.7 Å². The molecule has 0 unspecified atom stereocenters. The van der Waals surface area contributed by atoms with Gasteiger partial charge < -0.3 is 9.64 Å². The molecule has 4 rings (SSSR count). The lowest BCUT2D eigenvalue weighted by Gasteiger charge is -2.38. The number of hydrogen-bond donors (Lipinski definition) is 0. The molecule has 9 nitrogen and oxygen atoms in total. The topological polar surface area (TPSA) is 103 Å². The van der Waals surface area contributed by atoms with Gasteiger partial charge in [0.2, 0.25) is 5.82 Å². The fourth-order valence-corrected chi connectivity index (χ4v) is 3.97. The summed E-state index contributed by atoms with van der Waals surface area (Å²) in [6, 6.07) is 7.67. The Morgan fingerprint density at radius 2 is 2.07 bits per heavy atom. The van der Waals surface area contributed by atoms with Gasteiger partial charge in [0.25, 0.3) is 0 Å². The number of benzene rings is 1. The third kappa shape index (κ3) is 4.02. The molecule has 1 fully saturated rings. The van der Waals surface area contributed by atoms with Crippen LogP contribution in [-0.2, 0) is 16.1 Å². The summed E-state index contributed by atoms with van der Waals surface area (Å²) in [4.78, 5) is 32.6. The highest BCUT2D eigenvalue weighted by molar-refractivity contribution is 7.18. The molecular weight excluding hydrogens is 392 g/mol. The fourth-order valence-electron chi connectivity index (χ4n) is 3.12. The summed E-state index contributed by atoms with van der Waals surface area (Å²) in [6.45, 7) is 5.21. The number of carbonyl (C=O) groups excluding carboxylic acids is 2. The summed E-state index contributed by atoms with van der Waals surface area (Å²) in [5, 5.41) is 12.9. The first-order valence-corrected chi connectivity index (χ1v) is 10.1. The lowest BCUT2D eigenvalue weighted by Crippen LogP contribution is -2.50. The van der Waals surface area contributed by atoms with Crippen LogP contribution in [0.2, 0.25) is 0 Å². The third-order valence-electron chi connectivity index (χ3n) is 4.68. The number of nitrogens with zero attached hydrogens (tertiary/aromatic N) is 6. The van der Waals surface area contributed by atoms with E-state index in [0.29, 0.717) is 25.5 Å². The van der Waals surface area contributed by atoms with Crippen molar-refractivity contribution in [3.05, 3.63) is 41.6 Å². The Balaban J connectivity index is 1.37. The molecule has 0 atom stereocenters. The Kier molecular flexibility index (Phi) is 5.34. The summed E-state index contributed by atoms with van der Waals surface area (Å²) in [5.41, 5.74) is 1.80. The minimum atomic E-state index is -0.411. The van der Waals surface area contributed by atoms with E-state index in [2.05, 4.69) is 25.3 Å². The van der Waals surface area contributed by atoms with Crippen molar-refractivity contribution in [2.24, 2.45) is 5.92 Å². The van der Waals surface area contributed by atoms with Gasteiger partial charge in [-0.15, -0.1) is 10.2 Å². The molecule has 150 valence electrons. The van der Waals surface area contributed by atoms with Gasteiger partial charge in [0.05, 0.1) is 23.6 Å². The second-order valence-corrected chi connectivity index (χ2v) is 7.75. The number of ether oxygens (including phenoxy) is 1. The monoisotopic (exact) mass is 412 g/mol. The van der Waals surface area contributed by atoms with Crippen LogP contribution in [0.4, 0.5) is 5.13 Å². The van der Waals surface area contributed by atoms with E-state index in [-0.39, 0.29) is 18.2 Å². The molecule has 29 heavy (non-hydrogen) atoms. The number of aromatic nitrogens is 5. The summed E-state index contributed by atoms with van der Waals surface area (Å²) in [6.07, 6.45) is 1.68. The number of aryl methyl sites for hydroxylation is 1. The van der Waals surface area contributed by atoms with Crippen molar-refractivity contribution in [2.75, 3.05) is 24.6 Å². The van der Waals surface area contributed by atoms with Crippen molar-refractivity contribution in [1.29, 1.82) is 0 Å². The van der Waals surface area contributed by atoms with Crippen molar-refractivity contribution in [1.82, 2.24) is 25.2 Å². The predicted octanol–water partition coefficient (Wildman–Crippen LogP) is 1.99. The van der Waals surface area contributed by atoms with E-state index >= 15 is 0 Å². The van der Waals surface area contributed by atoms with Crippen LogP contribution in [0.1, 0.15) is 22.8 Å². The molecule has 0 aliphatic carbocycles. The zero-order valence-electron chi connectivity index (χ0n) is 16.1. The molecule has 2 aromatic heterocycles. The van der Waals surface area contributed by atoms with Gasteiger partial charge in [-0.1, -0.05) is 35.6 Å². The maximum atomic E-state index is 12.7. The van der Waals surface area contributed by atoms with Crippen LogP contribution < -0.4 is 4.90 Å². The van der Waals surface area contributed by atoms with Gasteiger partial charge in [-0.25, -0.2) is 9.78 Å². The Bertz CT molecular complexity index is 1040. The summed E-state index contributed by atoms with van der Waals surface area (Å²) < 4.78 is 4.88. The highest BCUT2D eigenvalue weighted by atomic mass is 32.1. The molecule has 1 aliphatic rings. The number of hydrogen-bond acceptors (Lipinski definition) is 9. The average Bonchev–Trinajstić information content (AvgIpc) is 3.30. The summed E-state index contributed by atoms with van der Waals surface area (Å²) in [7, 11) is 0. The van der Waals surface area contributed by atoms with Crippen LogP contribution in [0.3, 0.4) is 0 Å². The maximum Gasteiger partial charge on any atom is 0.329 e. The minimum Gasteiger partial charge on any atom is -0.465 e. The SMILES string of the molecule is CCOC(=O)Cn1nnc(-c2cnc(N3CC(C(=O)c4ccccc4C)C3)s2)n1. The highest BCUT2D eigenvalue weighted by Crippen LogP contribution is 2.33. The zero-order valence-corrected chi connectivity index (χ0v) is 16.9. The van der Waals surface area contributed by atoms with E-state index in [1.807, 2.05) is 31.2 Å². The number of carbonyl (C=O) groups is 2.